The maximum absolute atomic E-state index is 14.5. The van der Waals surface area contributed by atoms with Crippen LogP contribution in [0, 0.1) is 11.8 Å². The Kier molecular flexibility index (Phi) is 17.4. The van der Waals surface area contributed by atoms with Crippen LogP contribution in [0.3, 0.4) is 0 Å². The smallest absolute Gasteiger partial charge is 0.306 e. The van der Waals surface area contributed by atoms with E-state index < -0.39 is 116 Å². The number of para-hydroxylation sites is 1. The molecule has 2 saturated heterocycles. The monoisotopic (exact) mass is 932 g/mol. The highest BCUT2D eigenvalue weighted by Crippen LogP contribution is 2.39. The van der Waals surface area contributed by atoms with Crippen molar-refractivity contribution in [2.75, 3.05) is 19.7 Å². The van der Waals surface area contributed by atoms with Crippen molar-refractivity contribution in [3.63, 3.8) is 0 Å². The van der Waals surface area contributed by atoms with Crippen LogP contribution in [0.1, 0.15) is 88.2 Å². The van der Waals surface area contributed by atoms with E-state index in [4.69, 9.17) is 19.9 Å². The topological polar surface area (TPSA) is 289 Å². The third kappa shape index (κ3) is 14.0. The largest absolute Gasteiger partial charge is 0.459 e. The Morgan fingerprint density at radius 2 is 1.57 bits per heavy atom. The van der Waals surface area contributed by atoms with Crippen LogP contribution in [-0.4, -0.2) is 146 Å². The lowest BCUT2D eigenvalue weighted by molar-refractivity contribution is -0.289. The van der Waals surface area contributed by atoms with Crippen LogP contribution in [0.25, 0.3) is 10.9 Å². The molecular weight excluding hydrogens is 869 g/mol. The van der Waals surface area contributed by atoms with Crippen molar-refractivity contribution in [3.8, 4) is 0 Å². The quantitative estimate of drug-likeness (QED) is 0.0818. The summed E-state index contributed by atoms with van der Waals surface area (Å²) in [5.41, 5.74) is 6.30. The van der Waals surface area contributed by atoms with Gasteiger partial charge >= 0.3 is 11.9 Å². The lowest BCUT2D eigenvalue weighted by Crippen LogP contribution is -2.61. The number of piperidine rings is 1. The molecule has 19 nitrogen and oxygen atoms in total. The van der Waals surface area contributed by atoms with E-state index in [1.54, 1.807) is 30.3 Å². The van der Waals surface area contributed by atoms with Gasteiger partial charge in [-0.3, -0.25) is 33.7 Å². The minimum absolute atomic E-state index is 0.0111. The van der Waals surface area contributed by atoms with Crippen molar-refractivity contribution >= 4 is 46.5 Å². The first-order valence-corrected chi connectivity index (χ1v) is 22.9. The Morgan fingerprint density at radius 1 is 0.881 bits per heavy atom. The first-order valence-electron chi connectivity index (χ1n) is 22.9. The number of carbonyl (C=O) groups excluding carboxylic acids is 6. The lowest BCUT2D eigenvalue weighted by Gasteiger charge is -2.47. The Hall–Kier alpha value is -5.57. The van der Waals surface area contributed by atoms with E-state index in [0.29, 0.717) is 24.4 Å². The van der Waals surface area contributed by atoms with E-state index in [0.717, 1.165) is 36.6 Å². The number of aromatic nitrogens is 1. The molecule has 0 bridgehead atoms. The molecule has 1 saturated carbocycles. The maximum Gasteiger partial charge on any atom is 0.306 e. The Labute approximate surface area is 389 Å². The standard InChI is InChI=1S/C48H64N6O13/c1-48(2,3)53-46(63)35-22-29-14-7-8-15-30(29)24-54(35)25-36(65-39(57)19-20-40(58)67-43-41(59)37(26-55)66-47(64)42(43)60)33(21-27-11-5-4-6-12-27)51-45(62)34(23-38(49)56)52-44(61)32-18-17-28-13-9-10-16-31(28)50-32/h4-6,9-13,16-18,29-30,33-37,41-43,47,55,59-60,64H,7-8,14-15,19-26H2,1-3H3,(H2,49,56)(H,51,62)(H,52,61)(H,53,63)/t29-,30+,33-,34-,35-,36+,37+,41+,42+,43-,47?/m0/s1. The van der Waals surface area contributed by atoms with Gasteiger partial charge in [0.05, 0.1) is 43.5 Å². The molecule has 1 aromatic heterocycles. The Bertz CT molecular complexity index is 2210. The van der Waals surface area contributed by atoms with Gasteiger partial charge in [-0.15, -0.1) is 0 Å². The molecule has 4 amide bonds. The Balaban J connectivity index is 1.29. The van der Waals surface area contributed by atoms with E-state index in [2.05, 4.69) is 20.9 Å². The SMILES string of the molecule is CC(C)(C)NC(=O)[C@@H]1C[C@@H]2CCCC[C@@H]2CN1C[C@@H](OC(=O)CCC(=O)O[C@H]1[C@H](O)[C@@H](CO)OC(O)[C@@H]1O)[C@H](Cc1ccccc1)NC(=O)[C@H](CC(N)=O)NC(=O)c1ccc2ccccc2n1. The molecule has 67 heavy (non-hydrogen) atoms. The zero-order valence-corrected chi connectivity index (χ0v) is 38.1. The van der Waals surface area contributed by atoms with E-state index in [1.807, 2.05) is 56.0 Å². The molecule has 6 rings (SSSR count). The van der Waals surface area contributed by atoms with Crippen LogP contribution in [0.5, 0.6) is 0 Å². The molecule has 3 aliphatic rings. The van der Waals surface area contributed by atoms with Gasteiger partial charge in [-0.1, -0.05) is 73.9 Å². The second-order valence-corrected chi connectivity index (χ2v) is 18.9. The van der Waals surface area contributed by atoms with Gasteiger partial charge in [0.25, 0.3) is 5.91 Å². The number of rotatable bonds is 18. The molecule has 3 fully saturated rings. The summed E-state index contributed by atoms with van der Waals surface area (Å²) in [6, 6.07) is 16.2. The molecule has 0 spiro atoms. The fraction of sp³-hybridized carbons (Fsp3) is 0.562. The van der Waals surface area contributed by atoms with Gasteiger partial charge < -0.3 is 56.3 Å². The number of aliphatic hydroxyl groups excluding tert-OH is 4. The first kappa shape index (κ1) is 50.8. The Morgan fingerprint density at radius 3 is 2.27 bits per heavy atom. The molecule has 2 aromatic carbocycles. The van der Waals surface area contributed by atoms with E-state index in [9.17, 15) is 49.2 Å². The fourth-order valence-electron chi connectivity index (χ4n) is 9.22. The number of hydrogen-bond acceptors (Lipinski definition) is 15. The highest BCUT2D eigenvalue weighted by Gasteiger charge is 2.47. The summed E-state index contributed by atoms with van der Waals surface area (Å²) in [5, 5.41) is 50.0. The van der Waals surface area contributed by atoms with Crippen LogP contribution >= 0.6 is 0 Å². The van der Waals surface area contributed by atoms with Gasteiger partial charge in [-0.2, -0.15) is 0 Å². The molecule has 19 heteroatoms. The number of hydrogen-bond donors (Lipinski definition) is 8. The first-order chi connectivity index (χ1) is 31.9. The number of aliphatic hydroxyl groups is 4. The van der Waals surface area contributed by atoms with Gasteiger partial charge in [0.15, 0.2) is 12.4 Å². The van der Waals surface area contributed by atoms with Gasteiger partial charge in [0.2, 0.25) is 17.7 Å². The minimum Gasteiger partial charge on any atom is -0.459 e. The number of fused-ring (bicyclic) bond motifs is 2. The van der Waals surface area contributed by atoms with E-state index in [1.165, 1.54) is 6.07 Å². The molecule has 364 valence electrons. The van der Waals surface area contributed by atoms with Crippen LogP contribution in [0.2, 0.25) is 0 Å². The molecule has 2 aliphatic heterocycles. The summed E-state index contributed by atoms with van der Waals surface area (Å²) in [6.45, 7) is 5.36. The van der Waals surface area contributed by atoms with Gasteiger partial charge in [0, 0.05) is 24.0 Å². The third-order valence-corrected chi connectivity index (χ3v) is 12.6. The second-order valence-electron chi connectivity index (χ2n) is 18.9. The molecule has 3 aromatic rings. The van der Waals surface area contributed by atoms with Gasteiger partial charge in [-0.05, 0) is 69.6 Å². The normalized spacial score (nSPS) is 25.7. The zero-order chi connectivity index (χ0) is 48.4. The molecular formula is C48H64N6O13. The van der Waals surface area contributed by atoms with E-state index in [-0.39, 0.29) is 30.5 Å². The number of pyridine rings is 1. The zero-order valence-electron chi connectivity index (χ0n) is 38.1. The molecule has 1 unspecified atom stereocenters. The molecule has 3 heterocycles. The second kappa shape index (κ2) is 23.0. The van der Waals surface area contributed by atoms with Crippen molar-refractivity contribution < 1.29 is 63.4 Å². The summed E-state index contributed by atoms with van der Waals surface area (Å²) >= 11 is 0. The third-order valence-electron chi connectivity index (χ3n) is 12.6. The van der Waals surface area contributed by atoms with Crippen LogP contribution < -0.4 is 21.7 Å². The number of carbonyl (C=O) groups is 6. The van der Waals surface area contributed by atoms with Crippen LogP contribution in [0.4, 0.5) is 0 Å². The average molecular weight is 933 g/mol. The predicted octanol–water partition coefficient (Wildman–Crippen LogP) is 0.767. The summed E-state index contributed by atoms with van der Waals surface area (Å²) in [5.74, 6) is -4.04. The molecule has 9 N–H and O–H groups in total. The number of primary amides is 1. The molecule has 1 aliphatic carbocycles. The van der Waals surface area contributed by atoms with Crippen molar-refractivity contribution in [2.24, 2.45) is 17.6 Å². The van der Waals surface area contributed by atoms with Crippen molar-refractivity contribution in [1.82, 2.24) is 25.8 Å². The maximum atomic E-state index is 14.5. The van der Waals surface area contributed by atoms with Gasteiger partial charge in [0.1, 0.15) is 36.2 Å². The number of nitrogens with zero attached hydrogens (tertiary/aromatic N) is 2. The average Bonchev–Trinajstić information content (AvgIpc) is 3.29. The highest BCUT2D eigenvalue weighted by atomic mass is 16.7. The van der Waals surface area contributed by atoms with Gasteiger partial charge in [-0.25, -0.2) is 4.98 Å². The summed E-state index contributed by atoms with van der Waals surface area (Å²) < 4.78 is 16.5. The van der Waals surface area contributed by atoms with E-state index >= 15 is 0 Å². The number of nitrogens with one attached hydrogen (secondary N) is 3. The summed E-state index contributed by atoms with van der Waals surface area (Å²) in [4.78, 5) is 88.1. The summed E-state index contributed by atoms with van der Waals surface area (Å²) in [6.07, 6.45) is -6.82. The molecule has 0 radical (unpaired) electrons. The van der Waals surface area contributed by atoms with Crippen LogP contribution in [-0.2, 0) is 44.6 Å². The highest BCUT2D eigenvalue weighted by molar-refractivity contribution is 5.99. The van der Waals surface area contributed by atoms with Crippen molar-refractivity contribution in [2.45, 2.75) is 139 Å². The number of esters is 2. The van der Waals surface area contributed by atoms with Crippen LogP contribution in [0.15, 0.2) is 66.7 Å². The summed E-state index contributed by atoms with van der Waals surface area (Å²) in [7, 11) is 0. The number of nitrogens with two attached hydrogens (primary N) is 1. The molecule has 11 atom stereocenters. The minimum atomic E-state index is -1.87. The van der Waals surface area contributed by atoms with Crippen molar-refractivity contribution in [3.05, 3.63) is 78.0 Å². The number of likely N-dealkylation sites (tertiary alicyclic amines) is 1. The number of benzene rings is 2. The fourth-order valence-corrected chi connectivity index (χ4v) is 9.22. The number of amides is 4. The number of ether oxygens (including phenoxy) is 3. The van der Waals surface area contributed by atoms with Crippen molar-refractivity contribution in [1.29, 1.82) is 0 Å². The predicted molar refractivity (Wildman–Crippen MR) is 241 cm³/mol. The lowest BCUT2D eigenvalue weighted by atomic mass is 9.72.